The van der Waals surface area contributed by atoms with Gasteiger partial charge in [0.2, 0.25) is 0 Å². The van der Waals surface area contributed by atoms with Crippen LogP contribution in [0, 0.1) is 5.92 Å². The molecule has 0 aliphatic carbocycles. The quantitative estimate of drug-likeness (QED) is 0.794. The number of hydrogen-bond donors (Lipinski definition) is 0. The molecular formula is C14H15BrF2N2O. The van der Waals surface area contributed by atoms with Crippen molar-refractivity contribution in [1.82, 2.24) is 9.78 Å². The maximum absolute atomic E-state index is 12.5. The van der Waals surface area contributed by atoms with Crippen LogP contribution in [0.4, 0.5) is 8.78 Å². The predicted octanol–water partition coefficient (Wildman–Crippen LogP) is 4.57. The van der Waals surface area contributed by atoms with E-state index in [0.29, 0.717) is 16.0 Å². The number of halogens is 3. The fourth-order valence-corrected chi connectivity index (χ4v) is 2.38. The summed E-state index contributed by atoms with van der Waals surface area (Å²) in [6.45, 7) is 2.09. The van der Waals surface area contributed by atoms with Gasteiger partial charge < -0.3 is 4.74 Å². The predicted molar refractivity (Wildman–Crippen MR) is 76.8 cm³/mol. The minimum Gasteiger partial charge on any atom is -0.433 e. The molecule has 1 aromatic heterocycles. The Morgan fingerprint density at radius 1 is 1.35 bits per heavy atom. The Morgan fingerprint density at radius 2 is 2.10 bits per heavy atom. The third-order valence-corrected chi connectivity index (χ3v) is 3.29. The van der Waals surface area contributed by atoms with Gasteiger partial charge in [0.25, 0.3) is 0 Å². The molecule has 1 aromatic carbocycles. The summed E-state index contributed by atoms with van der Waals surface area (Å²) in [5.41, 5.74) is 1.34. The van der Waals surface area contributed by atoms with Crippen molar-refractivity contribution in [2.75, 3.05) is 0 Å². The van der Waals surface area contributed by atoms with Crippen LogP contribution in [0.15, 0.2) is 35.1 Å². The van der Waals surface area contributed by atoms with Crippen LogP contribution in [0.3, 0.4) is 0 Å². The van der Waals surface area contributed by atoms with Crippen molar-refractivity contribution >= 4 is 15.9 Å². The van der Waals surface area contributed by atoms with Gasteiger partial charge in [-0.1, -0.05) is 26.0 Å². The molecule has 1 heterocycles. The summed E-state index contributed by atoms with van der Waals surface area (Å²) in [6.07, 6.45) is 3.49. The number of hydrogen-bond acceptors (Lipinski definition) is 2. The number of nitrogens with zero attached hydrogens (tertiary/aromatic N) is 2. The number of benzene rings is 1. The Morgan fingerprint density at radius 3 is 2.75 bits per heavy atom. The molecule has 0 radical (unpaired) electrons. The molecule has 0 saturated carbocycles. The lowest BCUT2D eigenvalue weighted by atomic mass is 10.1. The van der Waals surface area contributed by atoms with Crippen LogP contribution in [0.25, 0.3) is 11.1 Å². The average Bonchev–Trinajstić information content (AvgIpc) is 2.78. The summed E-state index contributed by atoms with van der Waals surface area (Å²) in [4.78, 5) is 0. The SMILES string of the molecule is CC(C)Cn1cc(-c2cccc(Br)c2OC(F)F)cn1. The Labute approximate surface area is 124 Å². The monoisotopic (exact) mass is 344 g/mol. The molecule has 6 heteroatoms. The van der Waals surface area contributed by atoms with Gasteiger partial charge in [0.1, 0.15) is 5.75 Å². The van der Waals surface area contributed by atoms with Gasteiger partial charge in [-0.3, -0.25) is 4.68 Å². The van der Waals surface area contributed by atoms with Crippen LogP contribution < -0.4 is 4.74 Å². The number of alkyl halides is 2. The Bertz CT molecular complexity index is 584. The molecule has 0 atom stereocenters. The fourth-order valence-electron chi connectivity index (χ4n) is 1.92. The van der Waals surface area contributed by atoms with Crippen molar-refractivity contribution in [2.24, 2.45) is 5.92 Å². The maximum Gasteiger partial charge on any atom is 0.387 e. The van der Waals surface area contributed by atoms with Crippen LogP contribution in [-0.4, -0.2) is 16.4 Å². The lowest BCUT2D eigenvalue weighted by molar-refractivity contribution is -0.0499. The summed E-state index contributed by atoms with van der Waals surface area (Å²) in [5.74, 6) is 0.591. The molecule has 0 bridgehead atoms. The van der Waals surface area contributed by atoms with Crippen LogP contribution in [0.2, 0.25) is 0 Å². The topological polar surface area (TPSA) is 27.1 Å². The molecule has 0 fully saturated rings. The lowest BCUT2D eigenvalue weighted by Crippen LogP contribution is -2.04. The molecule has 2 aromatic rings. The molecule has 0 aliphatic rings. The van der Waals surface area contributed by atoms with E-state index >= 15 is 0 Å². The standard InChI is InChI=1S/C14H15BrF2N2O/c1-9(2)7-19-8-10(6-18-19)11-4-3-5-12(15)13(11)20-14(16)17/h3-6,8-9,14H,7H2,1-2H3. The van der Waals surface area contributed by atoms with Crippen molar-refractivity contribution in [3.05, 3.63) is 35.1 Å². The van der Waals surface area contributed by atoms with Gasteiger partial charge >= 0.3 is 6.61 Å². The van der Waals surface area contributed by atoms with Gasteiger partial charge in [0.05, 0.1) is 10.7 Å². The summed E-state index contributed by atoms with van der Waals surface area (Å²) in [7, 11) is 0. The third-order valence-electron chi connectivity index (χ3n) is 2.67. The molecule has 3 nitrogen and oxygen atoms in total. The van der Waals surface area contributed by atoms with Crippen molar-refractivity contribution in [3.63, 3.8) is 0 Å². The van der Waals surface area contributed by atoms with Gasteiger partial charge in [-0.25, -0.2) is 0 Å². The lowest BCUT2D eigenvalue weighted by Gasteiger charge is -2.11. The molecule has 0 aliphatic heterocycles. The minimum atomic E-state index is -2.86. The fraction of sp³-hybridized carbons (Fsp3) is 0.357. The number of aromatic nitrogens is 2. The normalized spacial score (nSPS) is 11.3. The summed E-state index contributed by atoms with van der Waals surface area (Å²) >= 11 is 3.23. The van der Waals surface area contributed by atoms with Crippen LogP contribution in [0.1, 0.15) is 13.8 Å². The second kappa shape index (κ2) is 6.35. The van der Waals surface area contributed by atoms with E-state index in [1.54, 1.807) is 29.1 Å². The summed E-state index contributed by atoms with van der Waals surface area (Å²) < 4.78 is 31.9. The van der Waals surface area contributed by atoms with Crippen molar-refractivity contribution in [3.8, 4) is 16.9 Å². The zero-order valence-corrected chi connectivity index (χ0v) is 12.8. The van der Waals surface area contributed by atoms with Crippen molar-refractivity contribution in [2.45, 2.75) is 27.0 Å². The largest absolute Gasteiger partial charge is 0.433 e. The van der Waals surface area contributed by atoms with Gasteiger partial charge in [-0.15, -0.1) is 0 Å². The first kappa shape index (κ1) is 15.0. The first-order chi connectivity index (χ1) is 9.47. The van der Waals surface area contributed by atoms with E-state index < -0.39 is 6.61 Å². The Kier molecular flexibility index (Phi) is 4.75. The van der Waals surface area contributed by atoms with Crippen molar-refractivity contribution < 1.29 is 13.5 Å². The molecule has 0 unspecified atom stereocenters. The van der Waals surface area contributed by atoms with E-state index in [1.807, 2.05) is 6.20 Å². The number of rotatable bonds is 5. The van der Waals surface area contributed by atoms with Gasteiger partial charge in [0.15, 0.2) is 0 Å². The first-order valence-corrected chi connectivity index (χ1v) is 7.03. The van der Waals surface area contributed by atoms with E-state index in [9.17, 15) is 8.78 Å². The number of para-hydroxylation sites is 1. The van der Waals surface area contributed by atoms with Gasteiger partial charge in [-0.2, -0.15) is 13.9 Å². The highest BCUT2D eigenvalue weighted by Crippen LogP contribution is 2.37. The van der Waals surface area contributed by atoms with Gasteiger partial charge in [-0.05, 0) is 27.9 Å². The highest BCUT2D eigenvalue weighted by atomic mass is 79.9. The zero-order chi connectivity index (χ0) is 14.7. The zero-order valence-electron chi connectivity index (χ0n) is 11.2. The molecule has 2 rings (SSSR count). The molecule has 0 saturated heterocycles. The van der Waals surface area contributed by atoms with Crippen molar-refractivity contribution in [1.29, 1.82) is 0 Å². The van der Waals surface area contributed by atoms with E-state index in [1.165, 1.54) is 0 Å². The van der Waals surface area contributed by atoms with Crippen LogP contribution in [0.5, 0.6) is 5.75 Å². The Balaban J connectivity index is 2.36. The molecule has 20 heavy (non-hydrogen) atoms. The van der Waals surface area contributed by atoms with E-state index in [4.69, 9.17) is 0 Å². The maximum atomic E-state index is 12.5. The Hall–Kier alpha value is -1.43. The first-order valence-electron chi connectivity index (χ1n) is 6.23. The van der Waals surface area contributed by atoms with E-state index in [0.717, 1.165) is 12.1 Å². The van der Waals surface area contributed by atoms with Crippen LogP contribution in [-0.2, 0) is 6.54 Å². The summed E-state index contributed by atoms with van der Waals surface area (Å²) in [5, 5.41) is 4.24. The minimum absolute atomic E-state index is 0.131. The highest BCUT2D eigenvalue weighted by molar-refractivity contribution is 9.10. The summed E-state index contributed by atoms with van der Waals surface area (Å²) in [6, 6.07) is 5.18. The number of ether oxygens (including phenoxy) is 1. The molecule has 0 amide bonds. The molecule has 108 valence electrons. The smallest absolute Gasteiger partial charge is 0.387 e. The van der Waals surface area contributed by atoms with Gasteiger partial charge in [0, 0.05) is 23.9 Å². The average molecular weight is 345 g/mol. The van der Waals surface area contributed by atoms with Crippen LogP contribution >= 0.6 is 15.9 Å². The van der Waals surface area contributed by atoms with E-state index in [-0.39, 0.29) is 5.75 Å². The molecular weight excluding hydrogens is 330 g/mol. The second-order valence-electron chi connectivity index (χ2n) is 4.84. The molecule has 0 N–H and O–H groups in total. The highest BCUT2D eigenvalue weighted by Gasteiger charge is 2.15. The van der Waals surface area contributed by atoms with E-state index in [2.05, 4.69) is 39.6 Å². The third kappa shape index (κ3) is 3.56. The molecule has 0 spiro atoms. The second-order valence-corrected chi connectivity index (χ2v) is 5.69.